The molecule has 1 saturated heterocycles. The molecular formula is C21H24FN3O. The Labute approximate surface area is 153 Å². The third-order valence-electron chi connectivity index (χ3n) is 5.29. The Kier molecular flexibility index (Phi) is 4.78. The minimum atomic E-state index is -0.223. The van der Waals surface area contributed by atoms with Crippen LogP contribution in [0.1, 0.15) is 24.4 Å². The van der Waals surface area contributed by atoms with Gasteiger partial charge in [-0.15, -0.1) is 0 Å². The van der Waals surface area contributed by atoms with Gasteiger partial charge in [-0.3, -0.25) is 0 Å². The highest BCUT2D eigenvalue weighted by Crippen LogP contribution is 2.41. The summed E-state index contributed by atoms with van der Waals surface area (Å²) in [5, 5.41) is 3.25. The molecule has 1 atom stereocenters. The van der Waals surface area contributed by atoms with Gasteiger partial charge in [0.1, 0.15) is 5.82 Å². The number of hydrogen-bond donors (Lipinski definition) is 1. The van der Waals surface area contributed by atoms with Crippen molar-refractivity contribution in [1.29, 1.82) is 0 Å². The van der Waals surface area contributed by atoms with Crippen LogP contribution < -0.4 is 10.2 Å². The average molecular weight is 353 g/mol. The zero-order valence-corrected chi connectivity index (χ0v) is 14.8. The molecule has 1 aliphatic heterocycles. The van der Waals surface area contributed by atoms with E-state index in [2.05, 4.69) is 22.3 Å². The third-order valence-corrected chi connectivity index (χ3v) is 5.29. The number of benzene rings is 2. The van der Waals surface area contributed by atoms with Crippen LogP contribution >= 0.6 is 0 Å². The lowest BCUT2D eigenvalue weighted by atomic mass is 10.0. The highest BCUT2D eigenvalue weighted by Gasteiger charge is 2.34. The van der Waals surface area contributed by atoms with E-state index >= 15 is 0 Å². The molecule has 4 rings (SSSR count). The van der Waals surface area contributed by atoms with Crippen molar-refractivity contribution in [3.63, 3.8) is 0 Å². The summed E-state index contributed by atoms with van der Waals surface area (Å²) in [7, 11) is 0. The van der Waals surface area contributed by atoms with E-state index in [4.69, 9.17) is 0 Å². The van der Waals surface area contributed by atoms with Gasteiger partial charge in [-0.05, 0) is 48.6 Å². The summed E-state index contributed by atoms with van der Waals surface area (Å²) in [6.45, 7) is 2.88. The zero-order valence-electron chi connectivity index (χ0n) is 14.8. The highest BCUT2D eigenvalue weighted by atomic mass is 19.1. The number of carbonyl (C=O) groups is 1. The van der Waals surface area contributed by atoms with Crippen LogP contribution in [-0.2, 0) is 0 Å². The van der Waals surface area contributed by atoms with Gasteiger partial charge in [0.05, 0.1) is 6.04 Å². The molecule has 2 aromatic carbocycles. The average Bonchev–Trinajstić information content (AvgIpc) is 3.52. The van der Waals surface area contributed by atoms with Crippen molar-refractivity contribution < 1.29 is 9.18 Å². The Hall–Kier alpha value is -2.56. The molecule has 4 nitrogen and oxygen atoms in total. The van der Waals surface area contributed by atoms with Gasteiger partial charge >= 0.3 is 6.03 Å². The van der Waals surface area contributed by atoms with E-state index in [0.29, 0.717) is 19.0 Å². The molecule has 5 heteroatoms. The van der Waals surface area contributed by atoms with Gasteiger partial charge < -0.3 is 15.1 Å². The van der Waals surface area contributed by atoms with Crippen molar-refractivity contribution in [2.45, 2.75) is 18.9 Å². The lowest BCUT2D eigenvalue weighted by Gasteiger charge is -2.37. The molecule has 1 saturated carbocycles. The molecule has 1 aliphatic carbocycles. The second kappa shape index (κ2) is 7.36. The molecule has 2 aromatic rings. The SMILES string of the molecule is O=C(NC(c1ccccc1)C1CC1)N1CCN(c2ccc(F)cc2)CC1. The molecule has 2 fully saturated rings. The smallest absolute Gasteiger partial charge is 0.318 e. The zero-order chi connectivity index (χ0) is 17.9. The van der Waals surface area contributed by atoms with Gasteiger partial charge in [-0.1, -0.05) is 30.3 Å². The van der Waals surface area contributed by atoms with E-state index in [1.165, 1.54) is 30.5 Å². The summed E-state index contributed by atoms with van der Waals surface area (Å²) in [5.74, 6) is 0.334. The normalized spacial score (nSPS) is 18.5. The van der Waals surface area contributed by atoms with Crippen molar-refractivity contribution >= 4 is 11.7 Å². The maximum absolute atomic E-state index is 13.1. The highest BCUT2D eigenvalue weighted by molar-refractivity contribution is 5.75. The number of hydrogen-bond acceptors (Lipinski definition) is 2. The monoisotopic (exact) mass is 353 g/mol. The fraction of sp³-hybridized carbons (Fsp3) is 0.381. The third kappa shape index (κ3) is 3.82. The van der Waals surface area contributed by atoms with Gasteiger partial charge in [0, 0.05) is 31.9 Å². The van der Waals surface area contributed by atoms with Gasteiger partial charge in [-0.25, -0.2) is 9.18 Å². The maximum Gasteiger partial charge on any atom is 0.318 e. The van der Waals surface area contributed by atoms with Crippen molar-refractivity contribution in [1.82, 2.24) is 10.2 Å². The van der Waals surface area contributed by atoms with Crippen LogP contribution in [-0.4, -0.2) is 37.1 Å². The van der Waals surface area contributed by atoms with Crippen LogP contribution in [0.15, 0.2) is 54.6 Å². The molecule has 0 radical (unpaired) electrons. The molecule has 1 unspecified atom stereocenters. The van der Waals surface area contributed by atoms with E-state index < -0.39 is 0 Å². The Bertz CT molecular complexity index is 738. The van der Waals surface area contributed by atoms with Gasteiger partial charge in [-0.2, -0.15) is 0 Å². The van der Waals surface area contributed by atoms with Crippen molar-refractivity contribution in [3.8, 4) is 0 Å². The Morgan fingerprint density at radius 2 is 1.62 bits per heavy atom. The standard InChI is InChI=1S/C21H24FN3O/c22-18-8-10-19(11-9-18)24-12-14-25(15-13-24)21(26)23-20(17-6-7-17)16-4-2-1-3-5-16/h1-5,8-11,17,20H,6-7,12-15H2,(H,23,26). The number of nitrogens with one attached hydrogen (secondary N) is 1. The second-order valence-corrected chi connectivity index (χ2v) is 7.13. The van der Waals surface area contributed by atoms with Crippen molar-refractivity contribution in [2.24, 2.45) is 5.92 Å². The van der Waals surface area contributed by atoms with E-state index in [1.54, 1.807) is 12.1 Å². The number of anilines is 1. The lowest BCUT2D eigenvalue weighted by molar-refractivity contribution is 0.189. The summed E-state index contributed by atoms with van der Waals surface area (Å²) in [6.07, 6.45) is 2.36. The van der Waals surface area contributed by atoms with Gasteiger partial charge in [0.15, 0.2) is 0 Å². The van der Waals surface area contributed by atoms with Crippen LogP contribution in [0, 0.1) is 11.7 Å². The van der Waals surface area contributed by atoms with Gasteiger partial charge in [0.25, 0.3) is 0 Å². The summed E-state index contributed by atoms with van der Waals surface area (Å²) in [4.78, 5) is 16.8. The summed E-state index contributed by atoms with van der Waals surface area (Å²) in [6, 6.07) is 16.9. The van der Waals surface area contributed by atoms with E-state index in [0.717, 1.165) is 18.8 Å². The number of halogens is 1. The summed E-state index contributed by atoms with van der Waals surface area (Å²) in [5.41, 5.74) is 2.19. The number of piperazine rings is 1. The molecule has 0 bridgehead atoms. The molecular weight excluding hydrogens is 329 g/mol. The number of carbonyl (C=O) groups excluding carboxylic acids is 1. The molecule has 1 heterocycles. The Morgan fingerprint density at radius 1 is 0.962 bits per heavy atom. The first-order valence-corrected chi connectivity index (χ1v) is 9.31. The predicted octanol–water partition coefficient (Wildman–Crippen LogP) is 3.81. The molecule has 2 amide bonds. The topological polar surface area (TPSA) is 35.6 Å². The molecule has 1 N–H and O–H groups in total. The minimum Gasteiger partial charge on any atom is -0.368 e. The van der Waals surface area contributed by atoms with Crippen molar-refractivity contribution in [2.75, 3.05) is 31.1 Å². The summed E-state index contributed by atoms with van der Waals surface area (Å²) >= 11 is 0. The minimum absolute atomic E-state index is 0.0181. The second-order valence-electron chi connectivity index (χ2n) is 7.13. The van der Waals surface area contributed by atoms with Crippen LogP contribution in [0.5, 0.6) is 0 Å². The lowest BCUT2D eigenvalue weighted by Crippen LogP contribution is -2.52. The van der Waals surface area contributed by atoms with Crippen LogP contribution in [0.25, 0.3) is 0 Å². The quantitative estimate of drug-likeness (QED) is 0.907. The number of nitrogens with zero attached hydrogens (tertiary/aromatic N) is 2. The Balaban J connectivity index is 1.35. The largest absolute Gasteiger partial charge is 0.368 e. The molecule has 136 valence electrons. The van der Waals surface area contributed by atoms with Gasteiger partial charge in [0.2, 0.25) is 0 Å². The molecule has 0 spiro atoms. The molecule has 26 heavy (non-hydrogen) atoms. The summed E-state index contributed by atoms with van der Waals surface area (Å²) < 4.78 is 13.1. The first-order chi connectivity index (χ1) is 12.7. The number of rotatable bonds is 4. The molecule has 2 aliphatic rings. The van der Waals surface area contributed by atoms with E-state index in [9.17, 15) is 9.18 Å². The van der Waals surface area contributed by atoms with Crippen molar-refractivity contribution in [3.05, 3.63) is 66.0 Å². The van der Waals surface area contributed by atoms with Crippen LogP contribution in [0.3, 0.4) is 0 Å². The van der Waals surface area contributed by atoms with Crippen LogP contribution in [0.2, 0.25) is 0 Å². The maximum atomic E-state index is 13.1. The Morgan fingerprint density at radius 3 is 2.23 bits per heavy atom. The van der Waals surface area contributed by atoms with Crippen LogP contribution in [0.4, 0.5) is 14.9 Å². The predicted molar refractivity (Wildman–Crippen MR) is 101 cm³/mol. The fourth-order valence-corrected chi connectivity index (χ4v) is 3.61. The molecule has 0 aromatic heterocycles. The van der Waals surface area contributed by atoms with E-state index in [-0.39, 0.29) is 17.9 Å². The number of urea groups is 1. The van der Waals surface area contributed by atoms with E-state index in [1.807, 2.05) is 23.1 Å². The first-order valence-electron chi connectivity index (χ1n) is 9.31. The fourth-order valence-electron chi connectivity index (χ4n) is 3.61. The first kappa shape index (κ1) is 16.9. The number of amides is 2.